The Balaban J connectivity index is 1.52. The number of hydrogen-bond acceptors (Lipinski definition) is 6. The zero-order valence-electron chi connectivity index (χ0n) is 16.2. The summed E-state index contributed by atoms with van der Waals surface area (Å²) in [6.07, 6.45) is 0. The normalized spacial score (nSPS) is 10.3. The van der Waals surface area contributed by atoms with E-state index in [4.69, 9.17) is 4.74 Å². The van der Waals surface area contributed by atoms with Crippen molar-refractivity contribution >= 4 is 46.0 Å². The Kier molecular flexibility index (Phi) is 7.23. The van der Waals surface area contributed by atoms with E-state index in [-0.39, 0.29) is 5.91 Å². The highest BCUT2D eigenvalue weighted by molar-refractivity contribution is 14.1. The Morgan fingerprint density at radius 2 is 1.76 bits per heavy atom. The molecule has 0 saturated heterocycles. The monoisotopic (exact) mass is 503 g/mol. The van der Waals surface area contributed by atoms with Gasteiger partial charge in [-0.3, -0.25) is 4.79 Å². The highest BCUT2D eigenvalue weighted by atomic mass is 127. The van der Waals surface area contributed by atoms with Gasteiger partial charge >= 0.3 is 0 Å². The van der Waals surface area contributed by atoms with Crippen LogP contribution in [-0.4, -0.2) is 36.1 Å². The average molecular weight is 503 g/mol. The molecule has 0 unspecified atom stereocenters. The maximum atomic E-state index is 12.1. The molecule has 3 rings (SSSR count). The molecule has 8 heteroatoms. The molecule has 0 saturated carbocycles. The van der Waals surface area contributed by atoms with E-state index >= 15 is 0 Å². The molecule has 0 aliphatic carbocycles. The number of anilines is 3. The van der Waals surface area contributed by atoms with Crippen molar-refractivity contribution in [2.75, 3.05) is 30.8 Å². The Morgan fingerprint density at radius 3 is 2.45 bits per heavy atom. The number of carbonyl (C=O) groups excluding carboxylic acids is 1. The zero-order valence-corrected chi connectivity index (χ0v) is 18.4. The number of ether oxygens (including phenoxy) is 1. The second kappa shape index (κ2) is 10.1. The first-order valence-electron chi connectivity index (χ1n) is 9.08. The van der Waals surface area contributed by atoms with Crippen LogP contribution in [0.5, 0.6) is 5.75 Å². The molecule has 0 fully saturated rings. The second-order valence-corrected chi connectivity index (χ2v) is 7.51. The van der Waals surface area contributed by atoms with Crippen LogP contribution in [0.25, 0.3) is 0 Å². The van der Waals surface area contributed by atoms with Crippen molar-refractivity contribution in [2.24, 2.45) is 0 Å². The molecule has 0 atom stereocenters. The predicted molar refractivity (Wildman–Crippen MR) is 123 cm³/mol. The van der Waals surface area contributed by atoms with Crippen LogP contribution >= 0.6 is 22.6 Å². The average Bonchev–Trinajstić information content (AvgIpc) is 2.72. The summed E-state index contributed by atoms with van der Waals surface area (Å²) in [5, 5.41) is 9.28. The number of aromatic nitrogens is 2. The largest absolute Gasteiger partial charge is 0.497 e. The number of aryl methyl sites for hydroxylation is 1. The summed E-state index contributed by atoms with van der Waals surface area (Å²) >= 11 is 2.21. The molecular formula is C21H22IN5O2. The van der Waals surface area contributed by atoms with Crippen LogP contribution in [0.1, 0.15) is 16.1 Å². The van der Waals surface area contributed by atoms with Crippen LogP contribution in [0, 0.1) is 10.5 Å². The van der Waals surface area contributed by atoms with Gasteiger partial charge in [0.15, 0.2) is 0 Å². The van der Waals surface area contributed by atoms with Gasteiger partial charge in [0.25, 0.3) is 5.91 Å². The number of nitrogens with zero attached hydrogens (tertiary/aromatic N) is 2. The summed E-state index contributed by atoms with van der Waals surface area (Å²) in [6, 6.07) is 16.9. The van der Waals surface area contributed by atoms with Crippen LogP contribution in [0.3, 0.4) is 0 Å². The number of benzene rings is 2. The lowest BCUT2D eigenvalue weighted by molar-refractivity contribution is 0.0955. The lowest BCUT2D eigenvalue weighted by atomic mass is 10.2. The van der Waals surface area contributed by atoms with Crippen molar-refractivity contribution < 1.29 is 9.53 Å². The number of nitrogens with one attached hydrogen (secondary N) is 3. The third kappa shape index (κ3) is 6.31. The lowest BCUT2D eigenvalue weighted by Gasteiger charge is -2.11. The van der Waals surface area contributed by atoms with Gasteiger partial charge in [-0.05, 0) is 78.0 Å². The van der Waals surface area contributed by atoms with E-state index in [0.29, 0.717) is 30.4 Å². The quantitative estimate of drug-likeness (QED) is 0.319. The van der Waals surface area contributed by atoms with E-state index < -0.39 is 0 Å². The molecular weight excluding hydrogens is 481 g/mol. The van der Waals surface area contributed by atoms with Crippen LogP contribution < -0.4 is 20.7 Å². The van der Waals surface area contributed by atoms with E-state index in [1.54, 1.807) is 7.11 Å². The summed E-state index contributed by atoms with van der Waals surface area (Å²) in [6.45, 7) is 2.88. The van der Waals surface area contributed by atoms with Gasteiger partial charge in [0.2, 0.25) is 5.95 Å². The highest BCUT2D eigenvalue weighted by Gasteiger charge is 2.06. The van der Waals surface area contributed by atoms with Gasteiger partial charge in [0.05, 0.1) is 7.11 Å². The highest BCUT2D eigenvalue weighted by Crippen LogP contribution is 2.19. The summed E-state index contributed by atoms with van der Waals surface area (Å²) in [4.78, 5) is 21.0. The fourth-order valence-electron chi connectivity index (χ4n) is 2.59. The Morgan fingerprint density at radius 1 is 1.03 bits per heavy atom. The van der Waals surface area contributed by atoms with Crippen molar-refractivity contribution in [1.29, 1.82) is 0 Å². The van der Waals surface area contributed by atoms with Gasteiger partial charge in [0.1, 0.15) is 11.6 Å². The standard InChI is InChI=1S/C21H22IN5O2/c1-14-13-19(26-17-7-9-18(29-2)10-8-17)27-21(25-14)24-12-11-23-20(28)15-3-5-16(22)6-4-15/h3-10,13H,11-12H2,1-2H3,(H,23,28)(H2,24,25,26,27). The molecule has 29 heavy (non-hydrogen) atoms. The minimum absolute atomic E-state index is 0.102. The van der Waals surface area contributed by atoms with Crippen LogP contribution in [0.4, 0.5) is 17.5 Å². The van der Waals surface area contributed by atoms with E-state index in [1.165, 1.54) is 0 Å². The number of amides is 1. The molecule has 3 N–H and O–H groups in total. The van der Waals surface area contributed by atoms with Crippen molar-refractivity contribution in [3.8, 4) is 5.75 Å². The van der Waals surface area contributed by atoms with E-state index in [2.05, 4.69) is 48.5 Å². The minimum Gasteiger partial charge on any atom is -0.497 e. The topological polar surface area (TPSA) is 88.2 Å². The van der Waals surface area contributed by atoms with Crippen LogP contribution in [0.15, 0.2) is 54.6 Å². The van der Waals surface area contributed by atoms with Gasteiger partial charge in [-0.1, -0.05) is 0 Å². The first-order valence-corrected chi connectivity index (χ1v) is 10.2. The smallest absolute Gasteiger partial charge is 0.251 e. The fraction of sp³-hybridized carbons (Fsp3) is 0.190. The Bertz CT molecular complexity index is 962. The Hall–Kier alpha value is -2.88. The summed E-state index contributed by atoms with van der Waals surface area (Å²) in [7, 11) is 1.64. The summed E-state index contributed by atoms with van der Waals surface area (Å²) in [5.41, 5.74) is 2.38. The number of carbonyl (C=O) groups is 1. The molecule has 1 aromatic heterocycles. The molecule has 1 heterocycles. The molecule has 2 aromatic carbocycles. The van der Waals surface area contributed by atoms with Crippen molar-refractivity contribution in [2.45, 2.75) is 6.92 Å². The van der Waals surface area contributed by atoms with Crippen molar-refractivity contribution in [3.05, 3.63) is 69.4 Å². The molecule has 0 radical (unpaired) electrons. The third-order valence-electron chi connectivity index (χ3n) is 4.02. The van der Waals surface area contributed by atoms with Crippen LogP contribution in [0.2, 0.25) is 0 Å². The maximum Gasteiger partial charge on any atom is 0.251 e. The molecule has 150 valence electrons. The molecule has 0 aliphatic rings. The minimum atomic E-state index is -0.102. The fourth-order valence-corrected chi connectivity index (χ4v) is 2.95. The second-order valence-electron chi connectivity index (χ2n) is 6.26. The number of halogens is 1. The van der Waals surface area contributed by atoms with Gasteiger partial charge in [-0.2, -0.15) is 4.98 Å². The first kappa shape index (κ1) is 20.8. The zero-order chi connectivity index (χ0) is 20.6. The number of rotatable bonds is 8. The maximum absolute atomic E-state index is 12.1. The SMILES string of the molecule is COc1ccc(Nc2cc(C)nc(NCCNC(=O)c3ccc(I)cc3)n2)cc1. The number of methoxy groups -OCH3 is 1. The van der Waals surface area contributed by atoms with E-state index in [0.717, 1.165) is 20.7 Å². The van der Waals surface area contributed by atoms with E-state index in [9.17, 15) is 4.79 Å². The van der Waals surface area contributed by atoms with Gasteiger partial charge < -0.3 is 20.7 Å². The third-order valence-corrected chi connectivity index (χ3v) is 4.74. The molecule has 0 spiro atoms. The Labute approximate surface area is 183 Å². The molecule has 0 bridgehead atoms. The summed E-state index contributed by atoms with van der Waals surface area (Å²) < 4.78 is 6.26. The molecule has 7 nitrogen and oxygen atoms in total. The van der Waals surface area contributed by atoms with Crippen LogP contribution in [-0.2, 0) is 0 Å². The molecule has 3 aromatic rings. The van der Waals surface area contributed by atoms with Gasteiger partial charge in [-0.15, -0.1) is 0 Å². The van der Waals surface area contributed by atoms with Crippen molar-refractivity contribution in [1.82, 2.24) is 15.3 Å². The first-order chi connectivity index (χ1) is 14.0. The lowest BCUT2D eigenvalue weighted by Crippen LogP contribution is -2.29. The molecule has 0 aliphatic heterocycles. The summed E-state index contributed by atoms with van der Waals surface area (Å²) in [5.74, 6) is 1.89. The number of hydrogen-bond donors (Lipinski definition) is 3. The van der Waals surface area contributed by atoms with Gasteiger partial charge in [0, 0.05) is 39.7 Å². The van der Waals surface area contributed by atoms with Crippen molar-refractivity contribution in [3.63, 3.8) is 0 Å². The van der Waals surface area contributed by atoms with Gasteiger partial charge in [-0.25, -0.2) is 4.98 Å². The van der Waals surface area contributed by atoms with E-state index in [1.807, 2.05) is 61.5 Å². The molecule has 1 amide bonds. The predicted octanol–water partition coefficient (Wildman–Crippen LogP) is 3.98.